The smallest absolute Gasteiger partial charge is 0.350 e. The van der Waals surface area contributed by atoms with Crippen LogP contribution in [0.5, 0.6) is 0 Å². The van der Waals surface area contributed by atoms with Gasteiger partial charge in [0, 0.05) is 6.20 Å². The molecule has 2 aromatic rings. The summed E-state index contributed by atoms with van der Waals surface area (Å²) in [5, 5.41) is 0. The van der Waals surface area contributed by atoms with Crippen LogP contribution in [0.15, 0.2) is 36.5 Å². The van der Waals surface area contributed by atoms with Crippen molar-refractivity contribution in [3.63, 3.8) is 0 Å². The summed E-state index contributed by atoms with van der Waals surface area (Å²) >= 11 is 1.17. The van der Waals surface area contributed by atoms with E-state index in [4.69, 9.17) is 4.74 Å². The van der Waals surface area contributed by atoms with E-state index in [0.717, 1.165) is 11.1 Å². The first-order valence-corrected chi connectivity index (χ1v) is 5.67. The Labute approximate surface area is 97.9 Å². The molecule has 16 heavy (non-hydrogen) atoms. The van der Waals surface area contributed by atoms with Crippen LogP contribution in [0.2, 0.25) is 0 Å². The average Bonchev–Trinajstić information content (AvgIpc) is 2.74. The zero-order valence-electron chi connectivity index (χ0n) is 8.84. The van der Waals surface area contributed by atoms with Crippen LogP contribution in [0.1, 0.15) is 20.8 Å². The molecule has 1 aromatic carbocycles. The monoisotopic (exact) mass is 233 g/mol. The van der Waals surface area contributed by atoms with E-state index in [1.54, 1.807) is 6.20 Å². The molecule has 3 nitrogen and oxygen atoms in total. The summed E-state index contributed by atoms with van der Waals surface area (Å²) in [5.74, 6) is -0.302. The third-order valence-electron chi connectivity index (χ3n) is 2.15. The van der Waals surface area contributed by atoms with Gasteiger partial charge >= 0.3 is 5.97 Å². The van der Waals surface area contributed by atoms with Crippen LogP contribution in [0.4, 0.5) is 0 Å². The van der Waals surface area contributed by atoms with Crippen LogP contribution in [0.25, 0.3) is 0 Å². The van der Waals surface area contributed by atoms with E-state index < -0.39 is 0 Å². The first-order valence-electron chi connectivity index (χ1n) is 4.89. The maximum Gasteiger partial charge on any atom is 0.350 e. The predicted molar refractivity (Wildman–Crippen MR) is 62.4 cm³/mol. The second-order valence-corrected chi connectivity index (χ2v) is 4.20. The first kappa shape index (κ1) is 10.8. The molecule has 1 heterocycles. The lowest BCUT2D eigenvalue weighted by atomic mass is 10.2. The lowest BCUT2D eigenvalue weighted by Crippen LogP contribution is -2.04. The van der Waals surface area contributed by atoms with Crippen molar-refractivity contribution in [1.29, 1.82) is 0 Å². The summed E-state index contributed by atoms with van der Waals surface area (Å²) in [6.07, 6.45) is 1.67. The van der Waals surface area contributed by atoms with Gasteiger partial charge in [0.1, 0.15) is 11.5 Å². The van der Waals surface area contributed by atoms with Gasteiger partial charge in [0.25, 0.3) is 0 Å². The van der Waals surface area contributed by atoms with Gasteiger partial charge in [-0.25, -0.2) is 9.17 Å². The third kappa shape index (κ3) is 2.46. The minimum atomic E-state index is -0.302. The van der Waals surface area contributed by atoms with Crippen LogP contribution >= 0.6 is 11.5 Å². The minimum absolute atomic E-state index is 0.302. The van der Waals surface area contributed by atoms with E-state index in [1.807, 2.05) is 37.3 Å². The van der Waals surface area contributed by atoms with Crippen LogP contribution in [-0.4, -0.2) is 10.3 Å². The van der Waals surface area contributed by atoms with Crippen molar-refractivity contribution in [3.8, 4) is 0 Å². The number of rotatable bonds is 3. The zero-order valence-corrected chi connectivity index (χ0v) is 9.66. The average molecular weight is 233 g/mol. The van der Waals surface area contributed by atoms with Gasteiger partial charge in [-0.05, 0) is 29.6 Å². The fourth-order valence-electron chi connectivity index (χ4n) is 1.28. The molecular weight excluding hydrogens is 222 g/mol. The molecule has 0 aliphatic heterocycles. The Morgan fingerprint density at radius 3 is 2.75 bits per heavy atom. The highest BCUT2D eigenvalue weighted by molar-refractivity contribution is 7.08. The lowest BCUT2D eigenvalue weighted by Gasteiger charge is -2.03. The van der Waals surface area contributed by atoms with Crippen molar-refractivity contribution < 1.29 is 9.53 Å². The fraction of sp³-hybridized carbons (Fsp3) is 0.167. The number of hydrogen-bond acceptors (Lipinski definition) is 4. The predicted octanol–water partition coefficient (Wildman–Crippen LogP) is 2.81. The number of esters is 1. The van der Waals surface area contributed by atoms with E-state index >= 15 is 0 Å². The summed E-state index contributed by atoms with van der Waals surface area (Å²) in [6.45, 7) is 2.15. The number of ether oxygens (including phenoxy) is 1. The number of aryl methyl sites for hydroxylation is 1. The van der Waals surface area contributed by atoms with Crippen molar-refractivity contribution in [1.82, 2.24) is 4.37 Å². The first-order chi connectivity index (χ1) is 7.77. The molecule has 82 valence electrons. The Hall–Kier alpha value is -1.68. The Kier molecular flexibility index (Phi) is 3.31. The zero-order chi connectivity index (χ0) is 11.4. The molecule has 0 aliphatic carbocycles. The molecule has 4 heteroatoms. The molecule has 0 spiro atoms. The summed E-state index contributed by atoms with van der Waals surface area (Å²) in [5.41, 5.74) is 1.85. The Morgan fingerprint density at radius 1 is 1.38 bits per heavy atom. The summed E-state index contributed by atoms with van der Waals surface area (Å²) < 4.78 is 9.12. The van der Waals surface area contributed by atoms with Crippen LogP contribution < -0.4 is 0 Å². The Balaban J connectivity index is 1.97. The van der Waals surface area contributed by atoms with Crippen molar-refractivity contribution in [2.75, 3.05) is 0 Å². The van der Waals surface area contributed by atoms with Gasteiger partial charge in [0.2, 0.25) is 0 Å². The Morgan fingerprint density at radius 2 is 2.12 bits per heavy atom. The maximum atomic E-state index is 11.6. The molecule has 0 N–H and O–H groups in total. The van der Waals surface area contributed by atoms with E-state index in [0.29, 0.717) is 11.5 Å². The van der Waals surface area contributed by atoms with Gasteiger partial charge in [-0.15, -0.1) is 0 Å². The molecule has 0 atom stereocenters. The summed E-state index contributed by atoms with van der Waals surface area (Å²) in [7, 11) is 0. The summed E-state index contributed by atoms with van der Waals surface area (Å²) in [4.78, 5) is 12.2. The second-order valence-electron chi connectivity index (χ2n) is 3.40. The van der Waals surface area contributed by atoms with E-state index in [2.05, 4.69) is 4.37 Å². The van der Waals surface area contributed by atoms with Crippen molar-refractivity contribution in [3.05, 3.63) is 52.5 Å². The van der Waals surface area contributed by atoms with Gasteiger partial charge in [0.05, 0.1) is 0 Å². The third-order valence-corrected chi connectivity index (χ3v) is 3.03. The SMILES string of the molecule is Cc1cnsc1C(=O)OCc1ccccc1. The molecule has 0 saturated heterocycles. The lowest BCUT2D eigenvalue weighted by molar-refractivity contribution is 0.0478. The van der Waals surface area contributed by atoms with Gasteiger partial charge in [0.15, 0.2) is 0 Å². The molecule has 2 rings (SSSR count). The number of carbonyl (C=O) groups excluding carboxylic acids is 1. The molecule has 0 fully saturated rings. The fourth-order valence-corrected chi connectivity index (χ4v) is 1.92. The summed E-state index contributed by atoms with van der Waals surface area (Å²) in [6, 6.07) is 9.61. The molecule has 0 bridgehead atoms. The van der Waals surface area contributed by atoms with Crippen molar-refractivity contribution in [2.45, 2.75) is 13.5 Å². The standard InChI is InChI=1S/C12H11NO2S/c1-9-7-13-16-11(9)12(14)15-8-10-5-3-2-4-6-10/h2-7H,8H2,1H3. The van der Waals surface area contributed by atoms with Crippen molar-refractivity contribution >= 4 is 17.5 Å². The topological polar surface area (TPSA) is 39.2 Å². The Bertz CT molecular complexity index is 479. The normalized spacial score (nSPS) is 10.1. The molecular formula is C12H11NO2S. The number of carbonyl (C=O) groups is 1. The van der Waals surface area contributed by atoms with Gasteiger partial charge in [-0.3, -0.25) is 0 Å². The van der Waals surface area contributed by atoms with Crippen LogP contribution in [0, 0.1) is 6.92 Å². The van der Waals surface area contributed by atoms with Gasteiger partial charge < -0.3 is 4.74 Å². The quantitative estimate of drug-likeness (QED) is 0.765. The molecule has 0 aliphatic rings. The number of benzene rings is 1. The highest BCUT2D eigenvalue weighted by Gasteiger charge is 2.12. The van der Waals surface area contributed by atoms with E-state index in [1.165, 1.54) is 11.5 Å². The molecule has 0 unspecified atom stereocenters. The highest BCUT2D eigenvalue weighted by atomic mass is 32.1. The van der Waals surface area contributed by atoms with Crippen LogP contribution in [-0.2, 0) is 11.3 Å². The number of aromatic nitrogens is 1. The second kappa shape index (κ2) is 4.90. The molecule has 0 amide bonds. The largest absolute Gasteiger partial charge is 0.457 e. The molecule has 0 radical (unpaired) electrons. The van der Waals surface area contributed by atoms with E-state index in [9.17, 15) is 4.79 Å². The highest BCUT2D eigenvalue weighted by Crippen LogP contribution is 2.14. The van der Waals surface area contributed by atoms with Crippen LogP contribution in [0.3, 0.4) is 0 Å². The van der Waals surface area contributed by atoms with Gasteiger partial charge in [-0.2, -0.15) is 0 Å². The number of hydrogen-bond donors (Lipinski definition) is 0. The molecule has 1 aromatic heterocycles. The maximum absolute atomic E-state index is 11.6. The van der Waals surface area contributed by atoms with Crippen molar-refractivity contribution in [2.24, 2.45) is 0 Å². The molecule has 0 saturated carbocycles. The van der Waals surface area contributed by atoms with E-state index in [-0.39, 0.29) is 5.97 Å². The number of nitrogens with zero attached hydrogens (tertiary/aromatic N) is 1. The van der Waals surface area contributed by atoms with Gasteiger partial charge in [-0.1, -0.05) is 30.3 Å². The minimum Gasteiger partial charge on any atom is -0.457 e.